The first-order valence-corrected chi connectivity index (χ1v) is 9.09. The lowest BCUT2D eigenvalue weighted by Crippen LogP contribution is -2.54. The Bertz CT molecular complexity index is 506. The van der Waals surface area contributed by atoms with Crippen LogP contribution in [0.5, 0.6) is 0 Å². The number of amides is 2. The van der Waals surface area contributed by atoms with E-state index in [4.69, 9.17) is 0 Å². The summed E-state index contributed by atoms with van der Waals surface area (Å²) in [5.41, 5.74) is 1.01. The molecule has 0 aromatic heterocycles. The fraction of sp³-hybridized carbons (Fsp3) is 0.529. The van der Waals surface area contributed by atoms with Crippen LogP contribution in [0.15, 0.2) is 30.3 Å². The van der Waals surface area contributed by atoms with Crippen molar-refractivity contribution in [3.8, 4) is 0 Å². The maximum Gasteiger partial charge on any atom is 0.243 e. The topological polar surface area (TPSA) is 70.2 Å². The van der Waals surface area contributed by atoms with E-state index in [1.165, 1.54) is 0 Å². The van der Waals surface area contributed by atoms with Crippen molar-refractivity contribution in [1.29, 1.82) is 0 Å². The summed E-state index contributed by atoms with van der Waals surface area (Å²) in [6.45, 7) is 7.65. The third-order valence-corrected chi connectivity index (χ3v) is 3.54. The Balaban J connectivity index is 2.78. The zero-order valence-electron chi connectivity index (χ0n) is 14.1. The summed E-state index contributed by atoms with van der Waals surface area (Å²) in [6.07, 6.45) is 0.468. The number of carbonyl (C=O) groups is 2. The number of benzene rings is 1. The smallest absolute Gasteiger partial charge is 0.243 e. The molecule has 1 aromatic rings. The lowest BCUT2D eigenvalue weighted by Gasteiger charge is -2.23. The van der Waals surface area contributed by atoms with E-state index >= 15 is 0 Å². The standard InChI is InChI=1S/C17H26IN3O2/c1-11(2)19-12(3)16(22)21-15(17(23)20-13(4)18)10-14-8-6-5-7-9-14/h5-9,11-13,15,19H,10H2,1-4H3,(H,20,23)(H,21,22). The average Bonchev–Trinajstić information content (AvgIpc) is 2.46. The maximum absolute atomic E-state index is 12.4. The quantitative estimate of drug-likeness (QED) is 0.335. The molecule has 0 aliphatic heterocycles. The van der Waals surface area contributed by atoms with Gasteiger partial charge in [-0.1, -0.05) is 66.8 Å². The zero-order chi connectivity index (χ0) is 17.4. The van der Waals surface area contributed by atoms with Gasteiger partial charge in [-0.3, -0.25) is 9.59 Å². The molecule has 0 heterocycles. The van der Waals surface area contributed by atoms with Crippen LogP contribution in [0.1, 0.15) is 33.3 Å². The van der Waals surface area contributed by atoms with Gasteiger partial charge in [0.15, 0.2) is 0 Å². The van der Waals surface area contributed by atoms with Gasteiger partial charge in [0.25, 0.3) is 0 Å². The van der Waals surface area contributed by atoms with Crippen molar-refractivity contribution < 1.29 is 9.59 Å². The maximum atomic E-state index is 12.4. The number of halogens is 1. The highest BCUT2D eigenvalue weighted by Gasteiger charge is 2.24. The summed E-state index contributed by atoms with van der Waals surface area (Å²) in [4.78, 5) is 24.7. The van der Waals surface area contributed by atoms with E-state index in [2.05, 4.69) is 38.5 Å². The molecule has 2 amide bonds. The Morgan fingerprint density at radius 2 is 1.61 bits per heavy atom. The molecular weight excluding hydrogens is 405 g/mol. The first kappa shape index (κ1) is 19.9. The van der Waals surface area contributed by atoms with E-state index in [1.54, 1.807) is 6.92 Å². The van der Waals surface area contributed by atoms with E-state index in [9.17, 15) is 9.59 Å². The number of nitrogens with one attached hydrogen (secondary N) is 3. The monoisotopic (exact) mass is 431 g/mol. The van der Waals surface area contributed by atoms with E-state index < -0.39 is 6.04 Å². The van der Waals surface area contributed by atoms with E-state index in [0.29, 0.717) is 6.42 Å². The molecule has 23 heavy (non-hydrogen) atoms. The molecular formula is C17H26IN3O2. The van der Waals surface area contributed by atoms with Crippen LogP contribution in [-0.2, 0) is 16.0 Å². The molecule has 128 valence electrons. The molecule has 0 fully saturated rings. The number of hydrogen-bond donors (Lipinski definition) is 3. The molecule has 0 saturated carbocycles. The second-order valence-electron chi connectivity index (χ2n) is 5.92. The van der Waals surface area contributed by atoms with Crippen molar-refractivity contribution in [2.75, 3.05) is 0 Å². The van der Waals surface area contributed by atoms with Crippen LogP contribution in [0, 0.1) is 0 Å². The Morgan fingerprint density at radius 3 is 2.13 bits per heavy atom. The second-order valence-corrected chi connectivity index (χ2v) is 7.79. The predicted molar refractivity (Wildman–Crippen MR) is 101 cm³/mol. The fourth-order valence-electron chi connectivity index (χ4n) is 2.23. The third kappa shape index (κ3) is 7.78. The van der Waals surface area contributed by atoms with Crippen molar-refractivity contribution >= 4 is 34.4 Å². The van der Waals surface area contributed by atoms with Gasteiger partial charge in [-0.15, -0.1) is 0 Å². The molecule has 1 rings (SSSR count). The second kappa shape index (κ2) is 9.87. The number of alkyl halides is 1. The van der Waals surface area contributed by atoms with Gasteiger partial charge in [-0.05, 0) is 19.4 Å². The third-order valence-electron chi connectivity index (χ3n) is 3.23. The Labute approximate surface area is 152 Å². The summed E-state index contributed by atoms with van der Waals surface area (Å²) >= 11 is 2.13. The highest BCUT2D eigenvalue weighted by atomic mass is 127. The highest BCUT2D eigenvalue weighted by Crippen LogP contribution is 2.05. The average molecular weight is 431 g/mol. The van der Waals surface area contributed by atoms with Crippen molar-refractivity contribution in [1.82, 2.24) is 16.0 Å². The lowest BCUT2D eigenvalue weighted by atomic mass is 10.0. The summed E-state index contributed by atoms with van der Waals surface area (Å²) in [5.74, 6) is -0.336. The summed E-state index contributed by atoms with van der Waals surface area (Å²) in [6, 6.07) is 8.96. The Morgan fingerprint density at radius 1 is 1.00 bits per heavy atom. The van der Waals surface area contributed by atoms with Crippen molar-refractivity contribution in [3.05, 3.63) is 35.9 Å². The lowest BCUT2D eigenvalue weighted by molar-refractivity contribution is -0.129. The van der Waals surface area contributed by atoms with Gasteiger partial charge >= 0.3 is 0 Å². The van der Waals surface area contributed by atoms with Crippen LogP contribution >= 0.6 is 22.6 Å². The van der Waals surface area contributed by atoms with E-state index in [-0.39, 0.29) is 27.9 Å². The number of hydrogen-bond acceptors (Lipinski definition) is 3. The minimum atomic E-state index is -0.585. The fourth-order valence-corrected chi connectivity index (χ4v) is 2.54. The molecule has 0 radical (unpaired) electrons. The number of carbonyl (C=O) groups excluding carboxylic acids is 2. The van der Waals surface area contributed by atoms with Gasteiger partial charge in [0.1, 0.15) is 6.04 Å². The molecule has 0 saturated heterocycles. The molecule has 5 nitrogen and oxygen atoms in total. The first-order chi connectivity index (χ1) is 10.8. The van der Waals surface area contributed by atoms with Gasteiger partial charge in [0.05, 0.1) is 10.1 Å². The predicted octanol–water partition coefficient (Wildman–Crippen LogP) is 2.00. The molecule has 3 N–H and O–H groups in total. The van der Waals surface area contributed by atoms with Gasteiger partial charge in [0, 0.05) is 12.5 Å². The van der Waals surface area contributed by atoms with Crippen LogP contribution in [-0.4, -0.2) is 34.0 Å². The molecule has 3 atom stereocenters. The van der Waals surface area contributed by atoms with Crippen molar-refractivity contribution in [2.24, 2.45) is 0 Å². The molecule has 3 unspecified atom stereocenters. The van der Waals surface area contributed by atoms with Gasteiger partial charge < -0.3 is 16.0 Å². The molecule has 0 aliphatic rings. The SMILES string of the molecule is CC(C)NC(C)C(=O)NC(Cc1ccccc1)C(=O)NC(C)I. The molecule has 1 aromatic carbocycles. The summed E-state index contributed by atoms with van der Waals surface area (Å²) in [7, 11) is 0. The van der Waals surface area contributed by atoms with Gasteiger partial charge in [0.2, 0.25) is 11.8 Å². The van der Waals surface area contributed by atoms with Crippen LogP contribution in [0.25, 0.3) is 0 Å². The highest BCUT2D eigenvalue weighted by molar-refractivity contribution is 14.1. The van der Waals surface area contributed by atoms with Crippen molar-refractivity contribution in [3.63, 3.8) is 0 Å². The van der Waals surface area contributed by atoms with Crippen LogP contribution in [0.2, 0.25) is 0 Å². The molecule has 0 aliphatic carbocycles. The van der Waals surface area contributed by atoms with Crippen LogP contribution < -0.4 is 16.0 Å². The van der Waals surface area contributed by atoms with Gasteiger partial charge in [-0.25, -0.2) is 0 Å². The summed E-state index contributed by atoms with van der Waals surface area (Å²) < 4.78 is 0.00138. The van der Waals surface area contributed by atoms with Gasteiger partial charge in [-0.2, -0.15) is 0 Å². The Kier molecular flexibility index (Phi) is 8.54. The normalized spacial score (nSPS) is 14.9. The minimum absolute atomic E-state index is 0.00138. The Hall–Kier alpha value is -1.15. The van der Waals surface area contributed by atoms with E-state index in [1.807, 2.05) is 51.1 Å². The minimum Gasteiger partial charge on any atom is -0.343 e. The first-order valence-electron chi connectivity index (χ1n) is 7.84. The zero-order valence-corrected chi connectivity index (χ0v) is 16.3. The molecule has 0 bridgehead atoms. The largest absolute Gasteiger partial charge is 0.343 e. The summed E-state index contributed by atoms with van der Waals surface area (Å²) in [5, 5.41) is 8.87. The van der Waals surface area contributed by atoms with Crippen molar-refractivity contribution in [2.45, 2.75) is 56.3 Å². The number of rotatable bonds is 8. The van der Waals surface area contributed by atoms with Crippen LogP contribution in [0.4, 0.5) is 0 Å². The molecule has 0 spiro atoms. The van der Waals surface area contributed by atoms with Crippen LogP contribution in [0.3, 0.4) is 0 Å². The van der Waals surface area contributed by atoms with E-state index in [0.717, 1.165) is 5.56 Å². The molecule has 6 heteroatoms.